The Morgan fingerprint density at radius 1 is 1.13 bits per heavy atom. The molecule has 0 aromatic heterocycles. The maximum Gasteiger partial charge on any atom is 0.418 e. The van der Waals surface area contributed by atoms with Gasteiger partial charge in [-0.1, -0.05) is 12.1 Å². The minimum absolute atomic E-state index is 0.0470. The number of nitrogens with one attached hydrogen (secondary N) is 1. The Morgan fingerprint density at radius 3 is 2.43 bits per heavy atom. The summed E-state index contributed by atoms with van der Waals surface area (Å²) in [5, 5.41) is 2.34. The molecule has 1 heterocycles. The highest BCUT2D eigenvalue weighted by Gasteiger charge is 2.33. The summed E-state index contributed by atoms with van der Waals surface area (Å²) in [5.74, 6) is -0.659. The number of hydrogen-bond acceptors (Lipinski definition) is 5. The van der Waals surface area contributed by atoms with Gasteiger partial charge in [0, 0.05) is 32.8 Å². The Hall–Kier alpha value is -2.17. The number of nitrogens with zero attached hydrogens (tertiary/aromatic N) is 2. The molecule has 1 aliphatic heterocycles. The summed E-state index contributed by atoms with van der Waals surface area (Å²) in [6.07, 6.45) is -5.13. The fraction of sp³-hybridized carbons (Fsp3) is 0.600. The molecule has 2 amide bonds. The van der Waals surface area contributed by atoms with E-state index >= 15 is 0 Å². The quantitative estimate of drug-likeness (QED) is 0.608. The van der Waals surface area contributed by atoms with Gasteiger partial charge in [-0.15, -0.1) is 0 Å². The van der Waals surface area contributed by atoms with Crippen molar-refractivity contribution in [2.45, 2.75) is 26.1 Å². The predicted molar refractivity (Wildman–Crippen MR) is 105 cm³/mol. The molecule has 0 spiro atoms. The predicted octanol–water partition coefficient (Wildman–Crippen LogP) is 2.23. The highest BCUT2D eigenvalue weighted by Crippen LogP contribution is 2.34. The van der Waals surface area contributed by atoms with Crippen molar-refractivity contribution < 1.29 is 32.2 Å². The second kappa shape index (κ2) is 11.3. The molecular weight excluding hydrogens is 403 g/mol. The van der Waals surface area contributed by atoms with Gasteiger partial charge in [-0.05, 0) is 26.0 Å². The third-order valence-corrected chi connectivity index (χ3v) is 4.71. The van der Waals surface area contributed by atoms with Gasteiger partial charge in [0.2, 0.25) is 5.91 Å². The fourth-order valence-corrected chi connectivity index (χ4v) is 3.12. The number of ether oxygens (including phenoxy) is 2. The Bertz CT molecular complexity index is 707. The number of alkyl halides is 3. The SMILES string of the molecule is CCOCCOC(C)C(=O)N1CCN(CC(=O)Nc2ccccc2C(F)(F)F)CC1. The van der Waals surface area contributed by atoms with Crippen LogP contribution in [0.3, 0.4) is 0 Å². The number of halogens is 3. The molecule has 7 nitrogen and oxygen atoms in total. The zero-order valence-corrected chi connectivity index (χ0v) is 17.2. The fourth-order valence-electron chi connectivity index (χ4n) is 3.12. The van der Waals surface area contributed by atoms with E-state index in [1.165, 1.54) is 18.2 Å². The Balaban J connectivity index is 1.78. The molecule has 1 N–H and O–H groups in total. The summed E-state index contributed by atoms with van der Waals surface area (Å²) in [6.45, 7) is 6.61. The number of carbonyl (C=O) groups is 2. The third kappa shape index (κ3) is 7.26. The summed E-state index contributed by atoms with van der Waals surface area (Å²) in [6, 6.07) is 4.87. The van der Waals surface area contributed by atoms with Crippen molar-refractivity contribution >= 4 is 17.5 Å². The maximum absolute atomic E-state index is 13.0. The lowest BCUT2D eigenvalue weighted by Gasteiger charge is -2.35. The molecule has 1 aromatic carbocycles. The van der Waals surface area contributed by atoms with Gasteiger partial charge in [-0.25, -0.2) is 0 Å². The van der Waals surface area contributed by atoms with Gasteiger partial charge in [0.25, 0.3) is 5.91 Å². The molecule has 1 aliphatic rings. The van der Waals surface area contributed by atoms with Crippen LogP contribution in [0.5, 0.6) is 0 Å². The molecule has 1 atom stereocenters. The van der Waals surface area contributed by atoms with Crippen molar-refractivity contribution in [1.82, 2.24) is 9.80 Å². The zero-order valence-electron chi connectivity index (χ0n) is 17.2. The third-order valence-electron chi connectivity index (χ3n) is 4.71. The minimum Gasteiger partial charge on any atom is -0.379 e. The van der Waals surface area contributed by atoms with E-state index < -0.39 is 23.8 Å². The van der Waals surface area contributed by atoms with Crippen LogP contribution in [0.2, 0.25) is 0 Å². The topological polar surface area (TPSA) is 71.1 Å². The lowest BCUT2D eigenvalue weighted by atomic mass is 10.1. The molecule has 0 bridgehead atoms. The molecule has 0 aliphatic carbocycles. The Labute approximate surface area is 174 Å². The number of benzene rings is 1. The first kappa shape index (κ1) is 24.1. The summed E-state index contributed by atoms with van der Waals surface area (Å²) in [4.78, 5) is 28.1. The smallest absolute Gasteiger partial charge is 0.379 e. The molecule has 2 rings (SSSR count). The standard InChI is InChI=1S/C20H28F3N3O4/c1-3-29-12-13-30-15(2)19(28)26-10-8-25(9-11-26)14-18(27)24-17-7-5-4-6-16(17)20(21,22)23/h4-7,15H,3,8-14H2,1-2H3,(H,24,27). The number of carbonyl (C=O) groups excluding carboxylic acids is 2. The highest BCUT2D eigenvalue weighted by molar-refractivity contribution is 5.93. The van der Waals surface area contributed by atoms with E-state index in [9.17, 15) is 22.8 Å². The van der Waals surface area contributed by atoms with E-state index in [0.717, 1.165) is 6.07 Å². The van der Waals surface area contributed by atoms with E-state index in [-0.39, 0.29) is 18.1 Å². The van der Waals surface area contributed by atoms with Crippen LogP contribution in [0.1, 0.15) is 19.4 Å². The number of amides is 2. The summed E-state index contributed by atoms with van der Waals surface area (Å²) < 4.78 is 49.8. The van der Waals surface area contributed by atoms with Gasteiger partial charge in [-0.2, -0.15) is 13.2 Å². The Morgan fingerprint density at radius 2 is 1.80 bits per heavy atom. The Kier molecular flexibility index (Phi) is 9.07. The molecule has 1 fully saturated rings. The van der Waals surface area contributed by atoms with Crippen LogP contribution in [-0.4, -0.2) is 80.3 Å². The van der Waals surface area contributed by atoms with Crippen molar-refractivity contribution in [3.63, 3.8) is 0 Å². The van der Waals surface area contributed by atoms with Crippen LogP contribution in [0.25, 0.3) is 0 Å². The molecule has 0 radical (unpaired) electrons. The molecule has 10 heteroatoms. The van der Waals surface area contributed by atoms with Gasteiger partial charge in [0.1, 0.15) is 6.10 Å². The first-order chi connectivity index (χ1) is 14.2. The van der Waals surface area contributed by atoms with Crippen molar-refractivity contribution in [2.75, 3.05) is 57.9 Å². The summed E-state index contributed by atoms with van der Waals surface area (Å²) >= 11 is 0. The zero-order chi connectivity index (χ0) is 22.1. The normalized spacial score (nSPS) is 16.4. The number of piperazine rings is 1. The van der Waals surface area contributed by atoms with Gasteiger partial charge >= 0.3 is 6.18 Å². The highest BCUT2D eigenvalue weighted by atomic mass is 19.4. The van der Waals surface area contributed by atoms with Gasteiger partial charge in [0.15, 0.2) is 0 Å². The number of rotatable bonds is 9. The van der Waals surface area contributed by atoms with E-state index in [0.29, 0.717) is 46.0 Å². The molecule has 1 unspecified atom stereocenters. The van der Waals surface area contributed by atoms with Crippen LogP contribution in [-0.2, 0) is 25.2 Å². The second-order valence-electron chi connectivity index (χ2n) is 6.90. The van der Waals surface area contributed by atoms with Crippen molar-refractivity contribution in [3.8, 4) is 0 Å². The van der Waals surface area contributed by atoms with Crippen LogP contribution in [0.4, 0.5) is 18.9 Å². The summed E-state index contributed by atoms with van der Waals surface area (Å²) in [5.41, 5.74) is -1.14. The minimum atomic E-state index is -4.54. The largest absolute Gasteiger partial charge is 0.418 e. The molecule has 30 heavy (non-hydrogen) atoms. The van der Waals surface area contributed by atoms with E-state index in [1.807, 2.05) is 6.92 Å². The van der Waals surface area contributed by atoms with Gasteiger partial charge < -0.3 is 19.7 Å². The van der Waals surface area contributed by atoms with Gasteiger partial charge in [-0.3, -0.25) is 14.5 Å². The molecule has 168 valence electrons. The lowest BCUT2D eigenvalue weighted by Crippen LogP contribution is -2.52. The van der Waals surface area contributed by atoms with E-state index in [1.54, 1.807) is 16.7 Å². The first-order valence-electron chi connectivity index (χ1n) is 9.89. The van der Waals surface area contributed by atoms with Crippen LogP contribution in [0.15, 0.2) is 24.3 Å². The monoisotopic (exact) mass is 431 g/mol. The number of para-hydroxylation sites is 1. The average Bonchev–Trinajstić information content (AvgIpc) is 2.70. The van der Waals surface area contributed by atoms with Gasteiger partial charge in [0.05, 0.1) is 31.0 Å². The number of hydrogen-bond donors (Lipinski definition) is 1. The number of anilines is 1. The van der Waals surface area contributed by atoms with E-state index in [4.69, 9.17) is 9.47 Å². The lowest BCUT2D eigenvalue weighted by molar-refractivity contribution is -0.145. The maximum atomic E-state index is 13.0. The molecular formula is C20H28F3N3O4. The average molecular weight is 431 g/mol. The van der Waals surface area contributed by atoms with E-state index in [2.05, 4.69) is 5.32 Å². The van der Waals surface area contributed by atoms with Crippen molar-refractivity contribution in [1.29, 1.82) is 0 Å². The van der Waals surface area contributed by atoms with Crippen LogP contribution in [0, 0.1) is 0 Å². The van der Waals surface area contributed by atoms with Crippen LogP contribution >= 0.6 is 0 Å². The first-order valence-corrected chi connectivity index (χ1v) is 9.89. The van der Waals surface area contributed by atoms with Crippen molar-refractivity contribution in [3.05, 3.63) is 29.8 Å². The van der Waals surface area contributed by atoms with Crippen LogP contribution < -0.4 is 5.32 Å². The molecule has 0 saturated carbocycles. The molecule has 1 saturated heterocycles. The van der Waals surface area contributed by atoms with Crippen molar-refractivity contribution in [2.24, 2.45) is 0 Å². The molecule has 1 aromatic rings. The second-order valence-corrected chi connectivity index (χ2v) is 6.90. The summed E-state index contributed by atoms with van der Waals surface area (Å²) in [7, 11) is 0.